The maximum absolute atomic E-state index is 6.28. The molecule has 1 unspecified atom stereocenters. The van der Waals surface area contributed by atoms with Crippen LogP contribution < -0.4 is 5.73 Å². The largest absolute Gasteiger partial charge is 0.380 e. The fourth-order valence-electron chi connectivity index (χ4n) is 2.11. The number of nitrogens with zero attached hydrogens (tertiary/aromatic N) is 1. The van der Waals surface area contributed by atoms with Gasteiger partial charge in [-0.05, 0) is 25.1 Å². The van der Waals surface area contributed by atoms with Crippen LogP contribution in [-0.2, 0) is 4.74 Å². The molecule has 0 aliphatic rings. The predicted molar refractivity (Wildman–Crippen MR) is 82.0 cm³/mol. The number of likely N-dealkylation sites (N-methyl/N-ethyl adjacent to an activating group) is 1. The Balaban J connectivity index is 2.87. The SMILES string of the molecule is CCOCCN(CC)C(CN)c1cccc(Cl)c1Cl. The van der Waals surface area contributed by atoms with Gasteiger partial charge in [0.1, 0.15) is 0 Å². The molecule has 0 bridgehead atoms. The van der Waals surface area contributed by atoms with Gasteiger partial charge in [-0.2, -0.15) is 0 Å². The topological polar surface area (TPSA) is 38.5 Å². The molecular weight excluding hydrogens is 283 g/mol. The molecule has 0 aromatic heterocycles. The average molecular weight is 305 g/mol. The number of hydrogen-bond donors (Lipinski definition) is 1. The van der Waals surface area contributed by atoms with Crippen LogP contribution in [0.25, 0.3) is 0 Å². The van der Waals surface area contributed by atoms with E-state index in [4.69, 9.17) is 33.7 Å². The predicted octanol–water partition coefficient (Wildman–Crippen LogP) is 3.35. The summed E-state index contributed by atoms with van der Waals surface area (Å²) in [6.07, 6.45) is 0. The van der Waals surface area contributed by atoms with Crippen molar-refractivity contribution in [2.24, 2.45) is 5.73 Å². The molecule has 0 aliphatic carbocycles. The normalized spacial score (nSPS) is 12.9. The summed E-state index contributed by atoms with van der Waals surface area (Å²) in [5.41, 5.74) is 6.90. The molecule has 0 saturated carbocycles. The fraction of sp³-hybridized carbons (Fsp3) is 0.571. The molecular formula is C14H22Cl2N2O. The van der Waals surface area contributed by atoms with Gasteiger partial charge in [0.15, 0.2) is 0 Å². The Labute approximate surface area is 125 Å². The van der Waals surface area contributed by atoms with E-state index in [0.29, 0.717) is 23.2 Å². The highest BCUT2D eigenvalue weighted by atomic mass is 35.5. The van der Waals surface area contributed by atoms with Gasteiger partial charge in [-0.3, -0.25) is 4.90 Å². The van der Waals surface area contributed by atoms with Gasteiger partial charge in [-0.1, -0.05) is 42.3 Å². The Hall–Kier alpha value is -0.320. The van der Waals surface area contributed by atoms with Crippen LogP contribution in [0.1, 0.15) is 25.5 Å². The van der Waals surface area contributed by atoms with Crippen LogP contribution in [0.5, 0.6) is 0 Å². The minimum absolute atomic E-state index is 0.0663. The molecule has 1 atom stereocenters. The zero-order chi connectivity index (χ0) is 14.3. The van der Waals surface area contributed by atoms with Crippen molar-refractivity contribution >= 4 is 23.2 Å². The highest BCUT2D eigenvalue weighted by molar-refractivity contribution is 6.42. The van der Waals surface area contributed by atoms with E-state index in [0.717, 1.165) is 25.3 Å². The standard InChI is InChI=1S/C14H22Cl2N2O/c1-3-18(8-9-19-4-2)13(10-17)11-6-5-7-12(15)14(11)16/h5-7,13H,3-4,8-10,17H2,1-2H3. The van der Waals surface area contributed by atoms with Gasteiger partial charge in [0, 0.05) is 25.7 Å². The number of ether oxygens (including phenoxy) is 1. The number of nitrogens with two attached hydrogens (primary N) is 1. The smallest absolute Gasteiger partial charge is 0.0640 e. The Kier molecular flexibility index (Phi) is 7.73. The van der Waals surface area contributed by atoms with Crippen molar-refractivity contribution in [2.45, 2.75) is 19.9 Å². The Bertz CT molecular complexity index is 388. The Morgan fingerprint density at radius 3 is 2.63 bits per heavy atom. The van der Waals surface area contributed by atoms with E-state index < -0.39 is 0 Å². The van der Waals surface area contributed by atoms with E-state index in [1.807, 2.05) is 19.1 Å². The van der Waals surface area contributed by atoms with Crippen molar-refractivity contribution in [1.29, 1.82) is 0 Å². The molecule has 0 fully saturated rings. The third kappa shape index (κ3) is 4.62. The van der Waals surface area contributed by atoms with Crippen molar-refractivity contribution < 1.29 is 4.74 Å². The lowest BCUT2D eigenvalue weighted by atomic mass is 10.1. The first-order chi connectivity index (χ1) is 9.15. The molecule has 1 rings (SSSR count). The molecule has 3 nitrogen and oxygen atoms in total. The summed E-state index contributed by atoms with van der Waals surface area (Å²) >= 11 is 12.4. The van der Waals surface area contributed by atoms with Crippen LogP contribution in [0.2, 0.25) is 10.0 Å². The number of hydrogen-bond acceptors (Lipinski definition) is 3. The van der Waals surface area contributed by atoms with Crippen LogP contribution in [0, 0.1) is 0 Å². The molecule has 0 amide bonds. The molecule has 2 N–H and O–H groups in total. The van der Waals surface area contributed by atoms with Gasteiger partial charge in [0.05, 0.1) is 16.7 Å². The van der Waals surface area contributed by atoms with Crippen molar-refractivity contribution in [3.63, 3.8) is 0 Å². The highest BCUT2D eigenvalue weighted by Crippen LogP contribution is 2.32. The van der Waals surface area contributed by atoms with Crippen molar-refractivity contribution in [3.05, 3.63) is 33.8 Å². The molecule has 0 aliphatic heterocycles. The summed E-state index contributed by atoms with van der Waals surface area (Å²) in [6, 6.07) is 5.74. The van der Waals surface area contributed by atoms with E-state index in [2.05, 4.69) is 11.8 Å². The second-order valence-corrected chi connectivity index (χ2v) is 5.01. The maximum Gasteiger partial charge on any atom is 0.0640 e. The number of halogens is 2. The van der Waals surface area contributed by atoms with Crippen LogP contribution in [-0.4, -0.2) is 37.7 Å². The van der Waals surface area contributed by atoms with Crippen molar-refractivity contribution in [2.75, 3.05) is 32.8 Å². The van der Waals surface area contributed by atoms with E-state index in [1.165, 1.54) is 0 Å². The van der Waals surface area contributed by atoms with Crippen LogP contribution in [0.4, 0.5) is 0 Å². The lowest BCUT2D eigenvalue weighted by Gasteiger charge is -2.30. The summed E-state index contributed by atoms with van der Waals surface area (Å²) in [6.45, 7) is 7.73. The monoisotopic (exact) mass is 304 g/mol. The molecule has 5 heteroatoms. The zero-order valence-corrected chi connectivity index (χ0v) is 13.0. The van der Waals surface area contributed by atoms with Crippen molar-refractivity contribution in [3.8, 4) is 0 Å². The molecule has 0 heterocycles. The fourth-order valence-corrected chi connectivity index (χ4v) is 2.54. The zero-order valence-electron chi connectivity index (χ0n) is 11.5. The third-order valence-corrected chi connectivity index (χ3v) is 3.97. The summed E-state index contributed by atoms with van der Waals surface area (Å²) in [5.74, 6) is 0. The van der Waals surface area contributed by atoms with E-state index in [9.17, 15) is 0 Å². The number of rotatable bonds is 8. The van der Waals surface area contributed by atoms with Crippen LogP contribution in [0.3, 0.4) is 0 Å². The Morgan fingerprint density at radius 1 is 1.32 bits per heavy atom. The van der Waals surface area contributed by atoms with Gasteiger partial charge >= 0.3 is 0 Å². The second-order valence-electron chi connectivity index (χ2n) is 4.22. The molecule has 108 valence electrons. The molecule has 0 saturated heterocycles. The molecule has 19 heavy (non-hydrogen) atoms. The second kappa shape index (κ2) is 8.77. The third-order valence-electron chi connectivity index (χ3n) is 3.14. The molecule has 1 aromatic rings. The van der Waals surface area contributed by atoms with Crippen molar-refractivity contribution in [1.82, 2.24) is 4.90 Å². The van der Waals surface area contributed by atoms with Crippen LogP contribution >= 0.6 is 23.2 Å². The summed E-state index contributed by atoms with van der Waals surface area (Å²) < 4.78 is 5.41. The Morgan fingerprint density at radius 2 is 2.05 bits per heavy atom. The number of benzene rings is 1. The first-order valence-electron chi connectivity index (χ1n) is 6.61. The minimum atomic E-state index is 0.0663. The molecule has 0 spiro atoms. The minimum Gasteiger partial charge on any atom is -0.380 e. The highest BCUT2D eigenvalue weighted by Gasteiger charge is 2.20. The lowest BCUT2D eigenvalue weighted by molar-refractivity contribution is 0.0981. The van der Waals surface area contributed by atoms with E-state index in [-0.39, 0.29) is 6.04 Å². The van der Waals surface area contributed by atoms with Gasteiger partial charge in [-0.25, -0.2) is 0 Å². The summed E-state index contributed by atoms with van der Waals surface area (Å²) in [4.78, 5) is 2.26. The van der Waals surface area contributed by atoms with E-state index >= 15 is 0 Å². The van der Waals surface area contributed by atoms with E-state index in [1.54, 1.807) is 6.07 Å². The van der Waals surface area contributed by atoms with Gasteiger partial charge in [-0.15, -0.1) is 0 Å². The maximum atomic E-state index is 6.28. The average Bonchev–Trinajstić information content (AvgIpc) is 2.42. The van der Waals surface area contributed by atoms with Gasteiger partial charge < -0.3 is 10.5 Å². The first-order valence-corrected chi connectivity index (χ1v) is 7.37. The first kappa shape index (κ1) is 16.7. The van der Waals surface area contributed by atoms with Gasteiger partial charge in [0.2, 0.25) is 0 Å². The summed E-state index contributed by atoms with van der Waals surface area (Å²) in [5, 5.41) is 1.16. The summed E-state index contributed by atoms with van der Waals surface area (Å²) in [7, 11) is 0. The lowest BCUT2D eigenvalue weighted by Crippen LogP contribution is -2.36. The van der Waals surface area contributed by atoms with Gasteiger partial charge in [0.25, 0.3) is 0 Å². The molecule has 0 radical (unpaired) electrons. The molecule has 1 aromatic carbocycles. The van der Waals surface area contributed by atoms with Crippen LogP contribution in [0.15, 0.2) is 18.2 Å². The quantitative estimate of drug-likeness (QED) is 0.749.